The van der Waals surface area contributed by atoms with Gasteiger partial charge in [0.1, 0.15) is 0 Å². The summed E-state index contributed by atoms with van der Waals surface area (Å²) >= 11 is 15.0. The van der Waals surface area contributed by atoms with Crippen molar-refractivity contribution in [2.45, 2.75) is 3.92 Å². The largest absolute Gasteiger partial charge is 0.312 e. The molecule has 0 aromatic heterocycles. The molecule has 0 aliphatic carbocycles. The van der Waals surface area contributed by atoms with E-state index in [-0.39, 0.29) is 0 Å². The molecule has 1 radical (unpaired) electrons. The Bertz CT molecular complexity index is 67.8. The van der Waals surface area contributed by atoms with E-state index in [1.54, 1.807) is 5.32 Å². The second-order valence-corrected chi connectivity index (χ2v) is 3.01. The molecular formula is C2HCl3NO. The first kappa shape index (κ1) is 7.34. The molecule has 0 saturated heterocycles. The van der Waals surface area contributed by atoms with Gasteiger partial charge in [0.05, 0.1) is 0 Å². The predicted octanol–water partition coefficient (Wildman–Crippen LogP) is 0.971. The molecule has 0 saturated carbocycles. The molecule has 0 spiro atoms. The maximum Gasteiger partial charge on any atom is 0.312 e. The van der Waals surface area contributed by atoms with Crippen molar-refractivity contribution in [1.82, 2.24) is 5.32 Å². The van der Waals surface area contributed by atoms with E-state index in [9.17, 15) is 4.79 Å². The summed E-state index contributed by atoms with van der Waals surface area (Å²) in [6.45, 7) is 0. The van der Waals surface area contributed by atoms with Crippen LogP contribution in [0.25, 0.3) is 0 Å². The van der Waals surface area contributed by atoms with Gasteiger partial charge in [0.2, 0.25) is 0 Å². The minimum absolute atomic E-state index is 1.21. The van der Waals surface area contributed by atoms with E-state index in [4.69, 9.17) is 34.8 Å². The van der Waals surface area contributed by atoms with Crippen LogP contribution < -0.4 is 5.32 Å². The van der Waals surface area contributed by atoms with Crippen LogP contribution in [0.4, 0.5) is 0 Å². The van der Waals surface area contributed by atoms with Crippen LogP contribution >= 0.6 is 34.8 Å². The quantitative estimate of drug-likeness (QED) is 0.347. The summed E-state index contributed by atoms with van der Waals surface area (Å²) < 4.78 is -1.71. The number of halogens is 3. The Kier molecular flexibility index (Phi) is 2.73. The standard InChI is InChI=1S/C2HCl3NO/c3-2(4,5)6-1-7/h(H,6,7). The van der Waals surface area contributed by atoms with Gasteiger partial charge in [-0.1, -0.05) is 34.8 Å². The molecule has 5 heteroatoms. The van der Waals surface area contributed by atoms with Gasteiger partial charge in [-0.3, -0.25) is 4.79 Å². The molecule has 1 amide bonds. The number of carbonyl (C=O) groups excluding carboxylic acids is 1. The predicted molar refractivity (Wildman–Crippen MR) is 29.1 cm³/mol. The Hall–Kier alpha value is 0.340. The van der Waals surface area contributed by atoms with Gasteiger partial charge in [0, 0.05) is 0 Å². The highest BCUT2D eigenvalue weighted by Crippen LogP contribution is 2.20. The van der Waals surface area contributed by atoms with Gasteiger partial charge < -0.3 is 5.32 Å². The van der Waals surface area contributed by atoms with Crippen LogP contribution in [0, 0.1) is 0 Å². The van der Waals surface area contributed by atoms with Crippen LogP contribution in [0.3, 0.4) is 0 Å². The van der Waals surface area contributed by atoms with Crippen molar-refractivity contribution >= 4 is 41.2 Å². The van der Waals surface area contributed by atoms with Crippen LogP contribution in [0.2, 0.25) is 0 Å². The van der Waals surface area contributed by atoms with Gasteiger partial charge >= 0.3 is 6.41 Å². The summed E-state index contributed by atoms with van der Waals surface area (Å²) in [7, 11) is 0. The van der Waals surface area contributed by atoms with Crippen molar-refractivity contribution < 1.29 is 4.79 Å². The van der Waals surface area contributed by atoms with Crippen molar-refractivity contribution in [3.05, 3.63) is 0 Å². The zero-order valence-electron chi connectivity index (χ0n) is 3.04. The molecular weight excluding hydrogens is 160 g/mol. The summed E-state index contributed by atoms with van der Waals surface area (Å²) in [6.07, 6.45) is 1.21. The van der Waals surface area contributed by atoms with Gasteiger partial charge in [-0.15, -0.1) is 0 Å². The van der Waals surface area contributed by atoms with E-state index in [2.05, 4.69) is 0 Å². The maximum atomic E-state index is 9.33. The molecule has 1 N–H and O–H groups in total. The zero-order chi connectivity index (χ0) is 5.91. The fourth-order valence-corrected chi connectivity index (χ4v) is 0.174. The Morgan fingerprint density at radius 2 is 1.86 bits per heavy atom. The topological polar surface area (TPSA) is 29.1 Å². The molecule has 41 valence electrons. The number of hydrogen-bond acceptors (Lipinski definition) is 1. The summed E-state index contributed by atoms with van der Waals surface area (Å²) in [5.74, 6) is 0. The first-order chi connectivity index (χ1) is 3.06. The molecule has 0 atom stereocenters. The maximum absolute atomic E-state index is 9.33. The molecule has 0 aromatic carbocycles. The smallest absolute Gasteiger partial charge is 0.304 e. The monoisotopic (exact) mass is 160 g/mol. The number of nitrogens with one attached hydrogen (secondary N) is 1. The average molecular weight is 161 g/mol. The van der Waals surface area contributed by atoms with Crippen molar-refractivity contribution in [1.29, 1.82) is 0 Å². The normalized spacial score (nSPS) is 10.7. The summed E-state index contributed by atoms with van der Waals surface area (Å²) in [6, 6.07) is 0. The Morgan fingerprint density at radius 1 is 1.43 bits per heavy atom. The van der Waals surface area contributed by atoms with Crippen molar-refractivity contribution in [2.75, 3.05) is 0 Å². The number of hydrogen-bond donors (Lipinski definition) is 1. The fourth-order valence-electron chi connectivity index (χ4n) is 0.0579. The molecule has 0 unspecified atom stereocenters. The van der Waals surface area contributed by atoms with E-state index >= 15 is 0 Å². The molecule has 0 aromatic rings. The molecule has 0 bridgehead atoms. The third kappa shape index (κ3) is 6.34. The first-order valence-electron chi connectivity index (χ1n) is 1.27. The number of amides is 1. The lowest BCUT2D eigenvalue weighted by Gasteiger charge is -2.04. The van der Waals surface area contributed by atoms with Gasteiger partial charge in [-0.2, -0.15) is 0 Å². The highest BCUT2D eigenvalue weighted by molar-refractivity contribution is 6.67. The average Bonchev–Trinajstić information content (AvgIpc) is 1.30. The van der Waals surface area contributed by atoms with Gasteiger partial charge in [0.15, 0.2) is 0 Å². The van der Waals surface area contributed by atoms with Crippen LogP contribution in [-0.2, 0) is 4.79 Å². The van der Waals surface area contributed by atoms with Crippen molar-refractivity contribution in [2.24, 2.45) is 0 Å². The van der Waals surface area contributed by atoms with E-state index in [1.807, 2.05) is 0 Å². The number of alkyl halides is 3. The number of rotatable bonds is 1. The lowest BCUT2D eigenvalue weighted by molar-refractivity contribution is 0.543. The molecule has 7 heavy (non-hydrogen) atoms. The minimum Gasteiger partial charge on any atom is -0.304 e. The first-order valence-corrected chi connectivity index (χ1v) is 2.40. The Labute approximate surface area is 55.7 Å². The Morgan fingerprint density at radius 3 is 1.86 bits per heavy atom. The third-order valence-corrected chi connectivity index (χ3v) is 0.476. The third-order valence-electron chi connectivity index (χ3n) is 0.193. The summed E-state index contributed by atoms with van der Waals surface area (Å²) in [5.41, 5.74) is 0. The van der Waals surface area contributed by atoms with E-state index in [0.29, 0.717) is 0 Å². The second-order valence-electron chi connectivity index (χ2n) is 0.725. The molecule has 0 fully saturated rings. The SMILES string of the molecule is O=[C]NC(Cl)(Cl)Cl. The van der Waals surface area contributed by atoms with Crippen LogP contribution in [0.5, 0.6) is 0 Å². The van der Waals surface area contributed by atoms with Gasteiger partial charge in [-0.05, 0) is 0 Å². The fraction of sp³-hybridized carbons (Fsp3) is 0.500. The van der Waals surface area contributed by atoms with Crippen molar-refractivity contribution in [3.8, 4) is 0 Å². The van der Waals surface area contributed by atoms with Gasteiger partial charge in [-0.25, -0.2) is 0 Å². The minimum atomic E-state index is -1.71. The highest BCUT2D eigenvalue weighted by Gasteiger charge is 2.16. The van der Waals surface area contributed by atoms with Crippen LogP contribution in [0.1, 0.15) is 0 Å². The summed E-state index contributed by atoms with van der Waals surface area (Å²) in [5, 5.41) is 1.78. The molecule has 2 nitrogen and oxygen atoms in total. The molecule has 0 heterocycles. The highest BCUT2D eigenvalue weighted by atomic mass is 35.6. The zero-order valence-corrected chi connectivity index (χ0v) is 5.31. The van der Waals surface area contributed by atoms with Crippen LogP contribution in [0.15, 0.2) is 0 Å². The van der Waals surface area contributed by atoms with Gasteiger partial charge in [0.25, 0.3) is 3.92 Å². The van der Waals surface area contributed by atoms with E-state index in [1.165, 1.54) is 6.41 Å². The Balaban J connectivity index is 3.34. The van der Waals surface area contributed by atoms with Crippen LogP contribution in [-0.4, -0.2) is 10.3 Å². The van der Waals surface area contributed by atoms with Crippen molar-refractivity contribution in [3.63, 3.8) is 0 Å². The molecule has 0 aliphatic heterocycles. The summed E-state index contributed by atoms with van der Waals surface area (Å²) in [4.78, 5) is 9.33. The van der Waals surface area contributed by atoms with E-state index < -0.39 is 3.92 Å². The molecule has 0 aliphatic rings. The lowest BCUT2D eigenvalue weighted by atomic mass is 11.2. The second kappa shape index (κ2) is 2.60. The molecule has 0 rings (SSSR count). The van der Waals surface area contributed by atoms with E-state index in [0.717, 1.165) is 0 Å². The lowest BCUT2D eigenvalue weighted by Crippen LogP contribution is -2.25.